The molecule has 1 heterocycles. The van der Waals surface area contributed by atoms with Crippen molar-refractivity contribution in [1.29, 1.82) is 0 Å². The second-order valence-electron chi connectivity index (χ2n) is 3.63. The zero-order chi connectivity index (χ0) is 13.3. The summed E-state index contributed by atoms with van der Waals surface area (Å²) in [6, 6.07) is 6.65. The molecule has 0 spiro atoms. The Morgan fingerprint density at radius 3 is 2.67 bits per heavy atom. The van der Waals surface area contributed by atoms with Crippen LogP contribution in [0.4, 0.5) is 13.2 Å². The van der Waals surface area contributed by atoms with E-state index in [2.05, 4.69) is 21.0 Å². The number of aromatic nitrogens is 2. The minimum atomic E-state index is -4.45. The topological polar surface area (TPSA) is 17.8 Å². The van der Waals surface area contributed by atoms with Crippen LogP contribution in [-0.2, 0) is 12.7 Å². The van der Waals surface area contributed by atoms with E-state index < -0.39 is 11.9 Å². The third kappa shape index (κ3) is 2.87. The molecular formula is C11H7BrClF3N2. The molecule has 96 valence electrons. The summed E-state index contributed by atoms with van der Waals surface area (Å²) in [4.78, 5) is 0. The molecule has 2 nitrogen and oxygen atoms in total. The van der Waals surface area contributed by atoms with E-state index in [1.54, 1.807) is 24.3 Å². The zero-order valence-corrected chi connectivity index (χ0v) is 11.2. The van der Waals surface area contributed by atoms with Gasteiger partial charge in [-0.05, 0) is 33.6 Å². The lowest BCUT2D eigenvalue weighted by atomic mass is 10.2. The molecule has 2 rings (SSSR count). The predicted octanol–water partition coefficient (Wildman–Crippen LogP) is 4.37. The molecule has 7 heteroatoms. The minimum Gasteiger partial charge on any atom is -0.255 e. The van der Waals surface area contributed by atoms with E-state index in [1.807, 2.05) is 0 Å². The van der Waals surface area contributed by atoms with Crippen molar-refractivity contribution in [1.82, 2.24) is 9.78 Å². The van der Waals surface area contributed by atoms with E-state index in [0.717, 1.165) is 10.9 Å². The molecule has 0 bridgehead atoms. The second-order valence-corrected chi connectivity index (χ2v) is 4.92. The summed E-state index contributed by atoms with van der Waals surface area (Å²) in [6.07, 6.45) is -3.32. The van der Waals surface area contributed by atoms with Gasteiger partial charge in [0.05, 0.1) is 17.2 Å². The Hall–Kier alpha value is -1.01. The summed E-state index contributed by atoms with van der Waals surface area (Å²) in [5.74, 6) is 0. The fraction of sp³-hybridized carbons (Fsp3) is 0.182. The van der Waals surface area contributed by atoms with Crippen LogP contribution in [0.15, 0.2) is 34.9 Å². The van der Waals surface area contributed by atoms with Gasteiger partial charge in [0.1, 0.15) is 0 Å². The maximum atomic E-state index is 12.8. The third-order valence-corrected chi connectivity index (χ3v) is 3.10. The van der Waals surface area contributed by atoms with E-state index in [1.165, 1.54) is 0 Å². The van der Waals surface area contributed by atoms with E-state index in [-0.39, 0.29) is 11.0 Å². The predicted molar refractivity (Wildman–Crippen MR) is 65.5 cm³/mol. The summed E-state index contributed by atoms with van der Waals surface area (Å²) >= 11 is 8.64. The van der Waals surface area contributed by atoms with Crippen molar-refractivity contribution in [3.05, 3.63) is 51.2 Å². The number of benzene rings is 1. The molecule has 0 aliphatic rings. The maximum Gasteiger partial charge on any atom is 0.434 e. The monoisotopic (exact) mass is 338 g/mol. The molecule has 0 amide bonds. The quantitative estimate of drug-likeness (QED) is 0.794. The highest BCUT2D eigenvalue weighted by Gasteiger charge is 2.37. The molecule has 18 heavy (non-hydrogen) atoms. The van der Waals surface area contributed by atoms with Gasteiger partial charge in [0.25, 0.3) is 0 Å². The number of hydrogen-bond donors (Lipinski definition) is 0. The molecule has 2 aromatic rings. The van der Waals surface area contributed by atoms with Gasteiger partial charge < -0.3 is 0 Å². The van der Waals surface area contributed by atoms with Gasteiger partial charge >= 0.3 is 6.18 Å². The lowest BCUT2D eigenvalue weighted by Crippen LogP contribution is -2.15. The normalized spacial score (nSPS) is 11.8. The van der Waals surface area contributed by atoms with Crippen LogP contribution < -0.4 is 0 Å². The van der Waals surface area contributed by atoms with Crippen molar-refractivity contribution in [2.75, 3.05) is 0 Å². The van der Waals surface area contributed by atoms with Crippen molar-refractivity contribution >= 4 is 27.5 Å². The van der Waals surface area contributed by atoms with Crippen molar-refractivity contribution < 1.29 is 13.2 Å². The first kappa shape index (κ1) is 13.4. The largest absolute Gasteiger partial charge is 0.434 e. The van der Waals surface area contributed by atoms with E-state index in [4.69, 9.17) is 11.6 Å². The van der Waals surface area contributed by atoms with Gasteiger partial charge in [0.2, 0.25) is 0 Å². The molecule has 1 aromatic heterocycles. The molecule has 0 aliphatic carbocycles. The second kappa shape index (κ2) is 4.93. The fourth-order valence-electron chi connectivity index (χ4n) is 1.57. The Morgan fingerprint density at radius 2 is 2.06 bits per heavy atom. The summed E-state index contributed by atoms with van der Waals surface area (Å²) in [6.45, 7) is 0.0149. The summed E-state index contributed by atoms with van der Waals surface area (Å²) in [5.41, 5.74) is -0.147. The fourth-order valence-corrected chi connectivity index (χ4v) is 2.31. The molecule has 1 aromatic carbocycles. The van der Waals surface area contributed by atoms with Crippen LogP contribution in [0.3, 0.4) is 0 Å². The smallest absolute Gasteiger partial charge is 0.255 e. The van der Waals surface area contributed by atoms with Crippen molar-refractivity contribution in [3.8, 4) is 0 Å². The van der Waals surface area contributed by atoms with Gasteiger partial charge in [-0.25, -0.2) is 0 Å². The van der Waals surface area contributed by atoms with Gasteiger partial charge in [-0.3, -0.25) is 4.68 Å². The number of rotatable bonds is 2. The molecule has 0 saturated carbocycles. The molecular weight excluding hydrogens is 332 g/mol. The minimum absolute atomic E-state index is 0.0149. The van der Waals surface area contributed by atoms with Crippen LogP contribution in [0.5, 0.6) is 0 Å². The summed E-state index contributed by atoms with van der Waals surface area (Å²) in [7, 11) is 0. The van der Waals surface area contributed by atoms with Crippen LogP contribution in [-0.4, -0.2) is 9.78 Å². The maximum absolute atomic E-state index is 12.8. The Kier molecular flexibility index (Phi) is 3.68. The Labute approximate surface area is 114 Å². The van der Waals surface area contributed by atoms with Gasteiger partial charge in [-0.2, -0.15) is 18.3 Å². The van der Waals surface area contributed by atoms with E-state index >= 15 is 0 Å². The standard InChI is InChI=1S/C11H7BrClF3N2/c12-9-5-17-18(10(9)11(14,15)16)6-7-2-1-3-8(13)4-7/h1-5H,6H2. The van der Waals surface area contributed by atoms with Gasteiger partial charge in [-0.1, -0.05) is 23.7 Å². The molecule has 0 N–H and O–H groups in total. The summed E-state index contributed by atoms with van der Waals surface area (Å²) in [5, 5.41) is 4.19. The molecule has 0 fully saturated rings. The first-order chi connectivity index (χ1) is 8.38. The highest BCUT2D eigenvalue weighted by Crippen LogP contribution is 2.34. The lowest BCUT2D eigenvalue weighted by Gasteiger charge is -2.11. The molecule has 0 aliphatic heterocycles. The van der Waals surface area contributed by atoms with E-state index in [9.17, 15) is 13.2 Å². The molecule has 0 unspecified atom stereocenters. The number of nitrogens with zero attached hydrogens (tertiary/aromatic N) is 2. The van der Waals surface area contributed by atoms with Gasteiger partial charge in [-0.15, -0.1) is 0 Å². The van der Waals surface area contributed by atoms with Crippen LogP contribution in [0.1, 0.15) is 11.3 Å². The van der Waals surface area contributed by atoms with Crippen molar-refractivity contribution in [2.24, 2.45) is 0 Å². The number of halogens is 5. The molecule has 0 saturated heterocycles. The first-order valence-corrected chi connectivity index (χ1v) is 6.08. The van der Waals surface area contributed by atoms with Crippen molar-refractivity contribution in [3.63, 3.8) is 0 Å². The van der Waals surface area contributed by atoms with Crippen LogP contribution >= 0.6 is 27.5 Å². The average Bonchev–Trinajstić information content (AvgIpc) is 2.59. The highest BCUT2D eigenvalue weighted by atomic mass is 79.9. The van der Waals surface area contributed by atoms with Gasteiger partial charge in [0, 0.05) is 5.02 Å². The summed E-state index contributed by atoms with van der Waals surface area (Å²) < 4.78 is 39.2. The van der Waals surface area contributed by atoms with Crippen LogP contribution in [0, 0.1) is 0 Å². The van der Waals surface area contributed by atoms with Crippen molar-refractivity contribution in [2.45, 2.75) is 12.7 Å². The van der Waals surface area contributed by atoms with Crippen LogP contribution in [0.2, 0.25) is 5.02 Å². The SMILES string of the molecule is FC(F)(F)c1c(Br)cnn1Cc1cccc(Cl)c1. The first-order valence-electron chi connectivity index (χ1n) is 4.91. The molecule has 0 atom stereocenters. The number of hydrogen-bond acceptors (Lipinski definition) is 1. The lowest BCUT2D eigenvalue weighted by molar-refractivity contribution is -0.144. The molecule has 0 radical (unpaired) electrons. The Bertz CT molecular complexity index is 566. The number of alkyl halides is 3. The average molecular weight is 340 g/mol. The van der Waals surface area contributed by atoms with Gasteiger partial charge in [0.15, 0.2) is 5.69 Å². The Morgan fingerprint density at radius 1 is 1.33 bits per heavy atom. The van der Waals surface area contributed by atoms with E-state index in [0.29, 0.717) is 10.6 Å². The third-order valence-electron chi connectivity index (χ3n) is 2.28. The van der Waals surface area contributed by atoms with Crippen LogP contribution in [0.25, 0.3) is 0 Å². The Balaban J connectivity index is 2.36. The zero-order valence-electron chi connectivity index (χ0n) is 8.88. The highest BCUT2D eigenvalue weighted by molar-refractivity contribution is 9.10.